The van der Waals surface area contributed by atoms with Crippen molar-refractivity contribution in [3.63, 3.8) is 0 Å². The number of thioether (sulfide) groups is 1. The number of nitrogens with one attached hydrogen (secondary N) is 1. The number of nitriles is 1. The number of benzene rings is 2. The Kier molecular flexibility index (Phi) is 6.52. The maximum absolute atomic E-state index is 13.0. The van der Waals surface area contributed by atoms with E-state index in [2.05, 4.69) is 5.32 Å². The van der Waals surface area contributed by atoms with Crippen LogP contribution in [-0.4, -0.2) is 47.3 Å². The second-order valence-corrected chi connectivity index (χ2v) is 7.27. The first kappa shape index (κ1) is 20.4. The van der Waals surface area contributed by atoms with Gasteiger partial charge in [-0.3, -0.25) is 19.3 Å². The molecule has 1 atom stereocenters. The van der Waals surface area contributed by atoms with Crippen molar-refractivity contribution in [2.24, 2.45) is 0 Å². The summed E-state index contributed by atoms with van der Waals surface area (Å²) in [4.78, 5) is 39.6. The van der Waals surface area contributed by atoms with Gasteiger partial charge in [0, 0.05) is 5.69 Å². The standard InChI is InChI=1S/C21H19N3O4S/c1-29-13-10-18(24-20(26)16-4-2-3-5-17(16)21(24)27)19(25)23-14-6-8-15(9-7-14)28-12-11-22/h2-9,18H,10,12-13H2,1H3,(H,23,25). The monoisotopic (exact) mass is 409 g/mol. The summed E-state index contributed by atoms with van der Waals surface area (Å²) >= 11 is 1.54. The van der Waals surface area contributed by atoms with E-state index in [0.717, 1.165) is 4.90 Å². The van der Waals surface area contributed by atoms with E-state index in [-0.39, 0.29) is 6.61 Å². The lowest BCUT2D eigenvalue weighted by atomic mass is 10.1. The number of hydrogen-bond acceptors (Lipinski definition) is 6. The molecular weight excluding hydrogens is 390 g/mol. The summed E-state index contributed by atoms with van der Waals surface area (Å²) in [5.74, 6) is -0.214. The molecule has 3 amide bonds. The molecule has 2 aromatic carbocycles. The van der Waals surface area contributed by atoms with Gasteiger partial charge in [-0.05, 0) is 54.8 Å². The lowest BCUT2D eigenvalue weighted by molar-refractivity contribution is -0.120. The summed E-state index contributed by atoms with van der Waals surface area (Å²) in [7, 11) is 0. The van der Waals surface area contributed by atoms with Crippen molar-refractivity contribution < 1.29 is 19.1 Å². The zero-order valence-corrected chi connectivity index (χ0v) is 16.6. The van der Waals surface area contributed by atoms with Gasteiger partial charge >= 0.3 is 0 Å². The van der Waals surface area contributed by atoms with Gasteiger partial charge in [0.1, 0.15) is 17.9 Å². The molecule has 1 unspecified atom stereocenters. The fourth-order valence-electron chi connectivity index (χ4n) is 3.07. The molecule has 2 aromatic rings. The molecule has 0 radical (unpaired) electrons. The molecule has 1 N–H and O–H groups in total. The minimum absolute atomic E-state index is 0.0673. The van der Waals surface area contributed by atoms with E-state index >= 15 is 0 Å². The van der Waals surface area contributed by atoms with Gasteiger partial charge in [-0.25, -0.2) is 0 Å². The van der Waals surface area contributed by atoms with Gasteiger partial charge in [-0.2, -0.15) is 17.0 Å². The Morgan fingerprint density at radius 3 is 2.31 bits per heavy atom. The van der Waals surface area contributed by atoms with Crippen molar-refractivity contribution in [2.45, 2.75) is 12.5 Å². The van der Waals surface area contributed by atoms with E-state index in [1.807, 2.05) is 12.3 Å². The van der Waals surface area contributed by atoms with Crippen molar-refractivity contribution in [1.82, 2.24) is 4.90 Å². The van der Waals surface area contributed by atoms with Gasteiger partial charge in [0.15, 0.2) is 6.61 Å². The molecule has 0 saturated heterocycles. The number of hydrogen-bond donors (Lipinski definition) is 1. The molecule has 0 bridgehead atoms. The highest BCUT2D eigenvalue weighted by molar-refractivity contribution is 7.98. The van der Waals surface area contributed by atoms with Crippen LogP contribution in [0, 0.1) is 11.3 Å². The Hall–Kier alpha value is -3.31. The summed E-state index contributed by atoms with van der Waals surface area (Å²) in [5.41, 5.74) is 1.14. The first-order chi connectivity index (χ1) is 14.1. The van der Waals surface area contributed by atoms with Crippen LogP contribution in [0.1, 0.15) is 27.1 Å². The summed E-state index contributed by atoms with van der Waals surface area (Å²) < 4.78 is 5.19. The van der Waals surface area contributed by atoms with Crippen LogP contribution in [-0.2, 0) is 4.79 Å². The summed E-state index contributed by atoms with van der Waals surface area (Å²) in [6.45, 7) is -0.0673. The van der Waals surface area contributed by atoms with Gasteiger partial charge in [0.25, 0.3) is 11.8 Å². The Labute approximate surface area is 172 Å². The average Bonchev–Trinajstić information content (AvgIpc) is 2.99. The van der Waals surface area contributed by atoms with Crippen molar-refractivity contribution in [2.75, 3.05) is 23.9 Å². The van der Waals surface area contributed by atoms with Crippen LogP contribution in [0.2, 0.25) is 0 Å². The molecule has 148 valence electrons. The number of amides is 3. The highest BCUT2D eigenvalue weighted by Gasteiger charge is 2.42. The van der Waals surface area contributed by atoms with Gasteiger partial charge in [0.2, 0.25) is 5.91 Å². The van der Waals surface area contributed by atoms with Crippen LogP contribution in [0.5, 0.6) is 5.75 Å². The van der Waals surface area contributed by atoms with E-state index in [1.54, 1.807) is 48.5 Å². The number of nitrogens with zero attached hydrogens (tertiary/aromatic N) is 2. The number of fused-ring (bicyclic) bond motifs is 1. The molecule has 0 spiro atoms. The lowest BCUT2D eigenvalue weighted by Crippen LogP contribution is -2.47. The fraction of sp³-hybridized carbons (Fsp3) is 0.238. The third-order valence-electron chi connectivity index (χ3n) is 4.46. The highest BCUT2D eigenvalue weighted by atomic mass is 32.2. The summed E-state index contributed by atoms with van der Waals surface area (Å²) in [6.07, 6.45) is 2.25. The Bertz CT molecular complexity index is 934. The van der Waals surface area contributed by atoms with Gasteiger partial charge in [-0.15, -0.1) is 0 Å². The van der Waals surface area contributed by atoms with E-state index < -0.39 is 23.8 Å². The summed E-state index contributed by atoms with van der Waals surface area (Å²) in [6, 6.07) is 14.1. The van der Waals surface area contributed by atoms with Gasteiger partial charge in [0.05, 0.1) is 11.1 Å². The fourth-order valence-corrected chi connectivity index (χ4v) is 3.53. The van der Waals surface area contributed by atoms with Gasteiger partial charge in [-0.1, -0.05) is 12.1 Å². The van der Waals surface area contributed by atoms with E-state index in [9.17, 15) is 14.4 Å². The summed E-state index contributed by atoms with van der Waals surface area (Å²) in [5, 5.41) is 11.3. The maximum Gasteiger partial charge on any atom is 0.262 e. The zero-order valence-electron chi connectivity index (χ0n) is 15.8. The van der Waals surface area contributed by atoms with E-state index in [0.29, 0.717) is 34.7 Å². The number of carbonyl (C=O) groups excluding carboxylic acids is 3. The molecule has 29 heavy (non-hydrogen) atoms. The molecule has 0 fully saturated rings. The molecule has 1 aliphatic rings. The van der Waals surface area contributed by atoms with Crippen LogP contribution in [0.25, 0.3) is 0 Å². The quantitative estimate of drug-likeness (QED) is 0.673. The first-order valence-electron chi connectivity index (χ1n) is 8.93. The number of imide groups is 1. The van der Waals surface area contributed by atoms with Crippen LogP contribution in [0.15, 0.2) is 48.5 Å². The average molecular weight is 409 g/mol. The topological polar surface area (TPSA) is 99.5 Å². The number of ether oxygens (including phenoxy) is 1. The number of rotatable bonds is 8. The molecule has 7 nitrogen and oxygen atoms in total. The molecule has 0 saturated carbocycles. The minimum Gasteiger partial charge on any atom is -0.479 e. The van der Waals surface area contributed by atoms with Crippen LogP contribution >= 0.6 is 11.8 Å². The molecule has 3 rings (SSSR count). The predicted molar refractivity (Wildman–Crippen MR) is 110 cm³/mol. The molecule has 1 heterocycles. The number of carbonyl (C=O) groups is 3. The SMILES string of the molecule is CSCCC(C(=O)Nc1ccc(OCC#N)cc1)N1C(=O)c2ccccc2C1=O. The second kappa shape index (κ2) is 9.26. The van der Waals surface area contributed by atoms with Crippen molar-refractivity contribution in [3.8, 4) is 11.8 Å². The van der Waals surface area contributed by atoms with Crippen LogP contribution in [0.3, 0.4) is 0 Å². The molecule has 0 aromatic heterocycles. The number of anilines is 1. The van der Waals surface area contributed by atoms with Crippen LogP contribution < -0.4 is 10.1 Å². The lowest BCUT2D eigenvalue weighted by Gasteiger charge is -2.25. The third kappa shape index (κ3) is 4.41. The van der Waals surface area contributed by atoms with Gasteiger partial charge < -0.3 is 10.1 Å². The molecular formula is C21H19N3O4S. The molecule has 0 aliphatic carbocycles. The zero-order chi connectivity index (χ0) is 20.8. The third-order valence-corrected chi connectivity index (χ3v) is 5.10. The predicted octanol–water partition coefficient (Wildman–Crippen LogP) is 2.95. The molecule has 1 aliphatic heterocycles. The van der Waals surface area contributed by atoms with E-state index in [4.69, 9.17) is 10.00 Å². The van der Waals surface area contributed by atoms with Crippen molar-refractivity contribution >= 4 is 35.2 Å². The minimum atomic E-state index is -0.913. The second-order valence-electron chi connectivity index (χ2n) is 6.28. The van der Waals surface area contributed by atoms with Crippen molar-refractivity contribution in [3.05, 3.63) is 59.7 Å². The molecule has 8 heteroatoms. The van der Waals surface area contributed by atoms with Crippen LogP contribution in [0.4, 0.5) is 5.69 Å². The Balaban J connectivity index is 1.78. The van der Waals surface area contributed by atoms with E-state index in [1.165, 1.54) is 11.8 Å². The Morgan fingerprint density at radius 2 is 1.76 bits per heavy atom. The Morgan fingerprint density at radius 1 is 1.14 bits per heavy atom. The van der Waals surface area contributed by atoms with Crippen molar-refractivity contribution in [1.29, 1.82) is 5.26 Å². The highest BCUT2D eigenvalue weighted by Crippen LogP contribution is 2.27. The largest absolute Gasteiger partial charge is 0.479 e. The maximum atomic E-state index is 13.0. The normalized spacial score (nSPS) is 13.6. The smallest absolute Gasteiger partial charge is 0.262 e. The first-order valence-corrected chi connectivity index (χ1v) is 10.3.